The molecule has 0 aliphatic heterocycles. The standard InChI is InChI=1S/C21H22BrN3O2/c1-3-4-7-12-25-21(27)16-9-6-5-8-15(16)19(24-25)20(26)23-18-11-10-14(2)13-17(18)22/h5-6,8-11,13H,3-4,7,12H2,1-2H3,(H,23,26). The Morgan fingerprint density at radius 2 is 1.89 bits per heavy atom. The van der Waals surface area contributed by atoms with Crippen LogP contribution in [0.3, 0.4) is 0 Å². The number of carbonyl (C=O) groups excluding carboxylic acids is 1. The van der Waals surface area contributed by atoms with E-state index in [9.17, 15) is 9.59 Å². The van der Waals surface area contributed by atoms with E-state index in [1.54, 1.807) is 18.2 Å². The molecule has 0 unspecified atom stereocenters. The van der Waals surface area contributed by atoms with E-state index >= 15 is 0 Å². The lowest BCUT2D eigenvalue weighted by atomic mass is 10.1. The normalized spacial score (nSPS) is 10.9. The maximum absolute atomic E-state index is 12.9. The predicted octanol–water partition coefficient (Wildman–Crippen LogP) is 4.91. The van der Waals surface area contributed by atoms with Crippen molar-refractivity contribution in [2.75, 3.05) is 5.32 Å². The van der Waals surface area contributed by atoms with Crippen LogP contribution in [-0.4, -0.2) is 15.7 Å². The van der Waals surface area contributed by atoms with Crippen molar-refractivity contribution in [3.63, 3.8) is 0 Å². The zero-order chi connectivity index (χ0) is 19.4. The second-order valence-electron chi connectivity index (χ2n) is 6.57. The maximum Gasteiger partial charge on any atom is 0.276 e. The number of carbonyl (C=O) groups is 1. The first-order chi connectivity index (χ1) is 13.0. The molecular weight excluding hydrogens is 406 g/mol. The van der Waals surface area contributed by atoms with E-state index in [4.69, 9.17) is 0 Å². The molecule has 1 aromatic heterocycles. The number of aromatic nitrogens is 2. The Balaban J connectivity index is 2.02. The van der Waals surface area contributed by atoms with Gasteiger partial charge in [0.15, 0.2) is 5.69 Å². The smallest absolute Gasteiger partial charge is 0.276 e. The summed E-state index contributed by atoms with van der Waals surface area (Å²) in [5.74, 6) is -0.333. The fraction of sp³-hybridized carbons (Fsp3) is 0.286. The molecule has 0 spiro atoms. The Labute approximate surface area is 166 Å². The lowest BCUT2D eigenvalue weighted by Gasteiger charge is -2.12. The number of halogens is 1. The van der Waals surface area contributed by atoms with Gasteiger partial charge in [0.2, 0.25) is 0 Å². The van der Waals surface area contributed by atoms with Gasteiger partial charge < -0.3 is 5.32 Å². The van der Waals surface area contributed by atoms with Crippen molar-refractivity contribution in [2.24, 2.45) is 0 Å². The summed E-state index contributed by atoms with van der Waals surface area (Å²) in [7, 11) is 0. The van der Waals surface area contributed by atoms with Crippen molar-refractivity contribution in [3.8, 4) is 0 Å². The van der Waals surface area contributed by atoms with Gasteiger partial charge in [0.1, 0.15) is 0 Å². The van der Waals surface area contributed by atoms with Gasteiger partial charge in [-0.1, -0.05) is 44.0 Å². The lowest BCUT2D eigenvalue weighted by Crippen LogP contribution is -2.27. The van der Waals surface area contributed by atoms with Gasteiger partial charge in [-0.15, -0.1) is 0 Å². The molecule has 1 amide bonds. The number of amides is 1. The van der Waals surface area contributed by atoms with Crippen LogP contribution in [0.25, 0.3) is 10.8 Å². The Morgan fingerprint density at radius 3 is 2.59 bits per heavy atom. The van der Waals surface area contributed by atoms with Gasteiger partial charge >= 0.3 is 0 Å². The largest absolute Gasteiger partial charge is 0.320 e. The van der Waals surface area contributed by atoms with E-state index < -0.39 is 0 Å². The first-order valence-electron chi connectivity index (χ1n) is 9.08. The average molecular weight is 428 g/mol. The van der Waals surface area contributed by atoms with Crippen molar-refractivity contribution in [3.05, 3.63) is 68.5 Å². The van der Waals surface area contributed by atoms with Crippen molar-refractivity contribution >= 4 is 38.3 Å². The van der Waals surface area contributed by atoms with E-state index in [0.29, 0.717) is 23.0 Å². The first kappa shape index (κ1) is 19.3. The topological polar surface area (TPSA) is 64.0 Å². The molecule has 1 heterocycles. The molecular formula is C21H22BrN3O2. The SMILES string of the molecule is CCCCCn1nc(C(=O)Nc2ccc(C)cc2Br)c2ccccc2c1=O. The molecule has 3 aromatic rings. The summed E-state index contributed by atoms with van der Waals surface area (Å²) < 4.78 is 2.22. The molecule has 0 fully saturated rings. The minimum Gasteiger partial charge on any atom is -0.320 e. The third-order valence-electron chi connectivity index (χ3n) is 4.43. The number of hydrogen-bond donors (Lipinski definition) is 1. The highest BCUT2D eigenvalue weighted by Gasteiger charge is 2.17. The Morgan fingerprint density at radius 1 is 1.15 bits per heavy atom. The number of nitrogens with zero attached hydrogens (tertiary/aromatic N) is 2. The number of aryl methyl sites for hydroxylation is 2. The molecule has 2 aromatic carbocycles. The zero-order valence-electron chi connectivity index (χ0n) is 15.5. The molecule has 1 N–H and O–H groups in total. The summed E-state index contributed by atoms with van der Waals surface area (Å²) in [6.45, 7) is 4.60. The summed E-state index contributed by atoms with van der Waals surface area (Å²) >= 11 is 3.48. The van der Waals surface area contributed by atoms with Gasteiger partial charge in [0.25, 0.3) is 11.5 Å². The number of benzene rings is 2. The van der Waals surface area contributed by atoms with Crippen LogP contribution in [0.15, 0.2) is 51.7 Å². The van der Waals surface area contributed by atoms with Gasteiger partial charge in [-0.05, 0) is 53.0 Å². The van der Waals surface area contributed by atoms with Crippen LogP contribution >= 0.6 is 15.9 Å². The van der Waals surface area contributed by atoms with Crippen molar-refractivity contribution < 1.29 is 4.79 Å². The van der Waals surface area contributed by atoms with E-state index in [2.05, 4.69) is 33.3 Å². The van der Waals surface area contributed by atoms with E-state index in [1.165, 1.54) is 4.68 Å². The monoisotopic (exact) mass is 427 g/mol. The number of rotatable bonds is 6. The van der Waals surface area contributed by atoms with Crippen molar-refractivity contribution in [1.29, 1.82) is 0 Å². The second kappa shape index (κ2) is 8.48. The zero-order valence-corrected chi connectivity index (χ0v) is 17.0. The number of nitrogens with one attached hydrogen (secondary N) is 1. The van der Waals surface area contributed by atoms with E-state index in [0.717, 1.165) is 29.3 Å². The number of anilines is 1. The molecule has 27 heavy (non-hydrogen) atoms. The van der Waals surface area contributed by atoms with Crippen molar-refractivity contribution in [1.82, 2.24) is 9.78 Å². The second-order valence-corrected chi connectivity index (χ2v) is 7.42. The number of fused-ring (bicyclic) bond motifs is 1. The van der Waals surface area contributed by atoms with Crippen molar-refractivity contribution in [2.45, 2.75) is 39.7 Å². The van der Waals surface area contributed by atoms with Crippen LogP contribution < -0.4 is 10.9 Å². The van der Waals surface area contributed by atoms with Crippen LogP contribution in [0.4, 0.5) is 5.69 Å². The first-order valence-corrected chi connectivity index (χ1v) is 9.88. The summed E-state index contributed by atoms with van der Waals surface area (Å²) in [6, 6.07) is 12.8. The van der Waals surface area contributed by atoms with Gasteiger partial charge in [-0.3, -0.25) is 9.59 Å². The quantitative estimate of drug-likeness (QED) is 0.568. The molecule has 0 aliphatic rings. The number of hydrogen-bond acceptors (Lipinski definition) is 3. The van der Waals surface area contributed by atoms with Crippen LogP contribution in [0, 0.1) is 6.92 Å². The third-order valence-corrected chi connectivity index (χ3v) is 5.09. The molecule has 5 nitrogen and oxygen atoms in total. The Bertz CT molecular complexity index is 1040. The average Bonchev–Trinajstić information content (AvgIpc) is 2.66. The van der Waals surface area contributed by atoms with Gasteiger partial charge in [0, 0.05) is 16.4 Å². The summed E-state index contributed by atoms with van der Waals surface area (Å²) in [5, 5.41) is 8.36. The lowest BCUT2D eigenvalue weighted by molar-refractivity contribution is 0.102. The fourth-order valence-corrected chi connectivity index (χ4v) is 3.56. The highest BCUT2D eigenvalue weighted by molar-refractivity contribution is 9.10. The van der Waals surface area contributed by atoms with Gasteiger partial charge in [0.05, 0.1) is 11.1 Å². The third kappa shape index (κ3) is 4.27. The molecule has 0 bridgehead atoms. The molecule has 0 radical (unpaired) electrons. The van der Waals surface area contributed by atoms with E-state index in [1.807, 2.05) is 31.2 Å². The minimum atomic E-state index is -0.333. The summed E-state index contributed by atoms with van der Waals surface area (Å²) in [5.41, 5.74) is 1.86. The molecule has 6 heteroatoms. The van der Waals surface area contributed by atoms with Crippen LogP contribution in [0.1, 0.15) is 42.2 Å². The van der Waals surface area contributed by atoms with E-state index in [-0.39, 0.29) is 17.2 Å². The Hall–Kier alpha value is -2.47. The highest BCUT2D eigenvalue weighted by Crippen LogP contribution is 2.24. The number of unbranched alkanes of at least 4 members (excludes halogenated alkanes) is 2. The predicted molar refractivity (Wildman–Crippen MR) is 112 cm³/mol. The maximum atomic E-state index is 12.9. The summed E-state index contributed by atoms with van der Waals surface area (Å²) in [4.78, 5) is 25.7. The summed E-state index contributed by atoms with van der Waals surface area (Å²) in [6.07, 6.45) is 2.92. The minimum absolute atomic E-state index is 0.158. The van der Waals surface area contributed by atoms with Crippen LogP contribution in [-0.2, 0) is 6.54 Å². The van der Waals surface area contributed by atoms with Crippen LogP contribution in [0.5, 0.6) is 0 Å². The molecule has 0 saturated heterocycles. The van der Waals surface area contributed by atoms with Gasteiger partial charge in [-0.25, -0.2) is 4.68 Å². The molecule has 3 rings (SSSR count). The fourth-order valence-electron chi connectivity index (χ4n) is 2.97. The molecule has 0 atom stereocenters. The Kier molecular flexibility index (Phi) is 6.06. The molecule has 140 valence electrons. The molecule has 0 aliphatic carbocycles. The highest BCUT2D eigenvalue weighted by atomic mass is 79.9. The van der Waals surface area contributed by atoms with Gasteiger partial charge in [-0.2, -0.15) is 5.10 Å². The molecule has 0 saturated carbocycles. The van der Waals surface area contributed by atoms with Crippen LogP contribution in [0.2, 0.25) is 0 Å².